The second kappa shape index (κ2) is 4.43. The Hall–Kier alpha value is -1.07. The molecule has 0 fully saturated rings. The van der Waals surface area contributed by atoms with Crippen molar-refractivity contribution in [1.82, 2.24) is 0 Å². The average molecular weight is 205 g/mol. The number of alkyl halides is 2. The Kier molecular flexibility index (Phi) is 3.49. The first-order chi connectivity index (χ1) is 6.56. The number of halogens is 3. The summed E-state index contributed by atoms with van der Waals surface area (Å²) in [5, 5.41) is 9.21. The predicted molar refractivity (Wildman–Crippen MR) is 45.4 cm³/mol. The van der Waals surface area contributed by atoms with Gasteiger partial charge in [-0.05, 0) is 12.1 Å². The molecule has 0 saturated carbocycles. The Labute approximate surface area is 79.2 Å². The van der Waals surface area contributed by atoms with Gasteiger partial charge in [-0.15, -0.1) is 0 Å². The molecule has 3 N–H and O–H groups in total. The monoisotopic (exact) mass is 205 g/mol. The van der Waals surface area contributed by atoms with Gasteiger partial charge in [0.2, 0.25) is 0 Å². The lowest BCUT2D eigenvalue weighted by atomic mass is 10.1. The second-order valence-electron chi connectivity index (χ2n) is 2.83. The molecule has 0 amide bonds. The van der Waals surface area contributed by atoms with Crippen LogP contribution in [0.5, 0.6) is 0 Å². The Morgan fingerprint density at radius 1 is 1.36 bits per heavy atom. The van der Waals surface area contributed by atoms with Crippen LogP contribution in [0.4, 0.5) is 13.2 Å². The molecule has 2 nitrogen and oxygen atoms in total. The summed E-state index contributed by atoms with van der Waals surface area (Å²) in [6, 6.07) is 2.81. The van der Waals surface area contributed by atoms with Crippen molar-refractivity contribution in [2.24, 2.45) is 5.73 Å². The van der Waals surface area contributed by atoms with Crippen molar-refractivity contribution in [3.05, 3.63) is 35.1 Å². The van der Waals surface area contributed by atoms with Gasteiger partial charge in [0.1, 0.15) is 5.82 Å². The Bertz CT molecular complexity index is 317. The SMILES string of the molecule is NCC(O)c1cc(C(F)F)ccc1F. The highest BCUT2D eigenvalue weighted by Crippen LogP contribution is 2.24. The molecule has 1 aromatic rings. The summed E-state index contributed by atoms with van der Waals surface area (Å²) in [7, 11) is 0. The topological polar surface area (TPSA) is 46.2 Å². The van der Waals surface area contributed by atoms with Crippen LogP contribution in [0, 0.1) is 5.82 Å². The van der Waals surface area contributed by atoms with Crippen molar-refractivity contribution in [2.75, 3.05) is 6.54 Å². The summed E-state index contributed by atoms with van der Waals surface area (Å²) >= 11 is 0. The summed E-state index contributed by atoms with van der Waals surface area (Å²) in [4.78, 5) is 0. The van der Waals surface area contributed by atoms with Crippen LogP contribution < -0.4 is 5.73 Å². The summed E-state index contributed by atoms with van der Waals surface area (Å²) in [5.41, 5.74) is 4.58. The van der Waals surface area contributed by atoms with Crippen molar-refractivity contribution in [1.29, 1.82) is 0 Å². The zero-order valence-corrected chi connectivity index (χ0v) is 7.25. The fraction of sp³-hybridized carbons (Fsp3) is 0.333. The summed E-state index contributed by atoms with van der Waals surface area (Å²) in [6.45, 7) is -0.205. The van der Waals surface area contributed by atoms with Crippen molar-refractivity contribution in [3.8, 4) is 0 Å². The zero-order valence-electron chi connectivity index (χ0n) is 7.25. The van der Waals surface area contributed by atoms with Crippen LogP contribution in [-0.4, -0.2) is 11.7 Å². The number of benzene rings is 1. The molecule has 14 heavy (non-hydrogen) atoms. The van der Waals surface area contributed by atoms with Crippen LogP contribution in [0.3, 0.4) is 0 Å². The first-order valence-corrected chi connectivity index (χ1v) is 4.02. The van der Waals surface area contributed by atoms with Gasteiger partial charge >= 0.3 is 0 Å². The van der Waals surface area contributed by atoms with Gasteiger partial charge in [0.05, 0.1) is 6.10 Å². The lowest BCUT2D eigenvalue weighted by molar-refractivity contribution is 0.149. The summed E-state index contributed by atoms with van der Waals surface area (Å²) in [5.74, 6) is -0.729. The molecular formula is C9H10F3NO. The smallest absolute Gasteiger partial charge is 0.263 e. The molecular weight excluding hydrogens is 195 g/mol. The van der Waals surface area contributed by atoms with Crippen LogP contribution in [0.1, 0.15) is 23.7 Å². The van der Waals surface area contributed by atoms with E-state index in [0.29, 0.717) is 0 Å². The molecule has 0 heterocycles. The number of aliphatic hydroxyl groups is 1. The minimum Gasteiger partial charge on any atom is -0.387 e. The van der Waals surface area contributed by atoms with Gasteiger partial charge in [0, 0.05) is 17.7 Å². The molecule has 1 unspecified atom stereocenters. The lowest BCUT2D eigenvalue weighted by Gasteiger charge is -2.10. The van der Waals surface area contributed by atoms with Crippen LogP contribution in [-0.2, 0) is 0 Å². The third kappa shape index (κ3) is 2.24. The second-order valence-corrected chi connectivity index (χ2v) is 2.83. The normalized spacial score (nSPS) is 13.3. The van der Waals surface area contributed by atoms with E-state index in [1.807, 2.05) is 0 Å². The van der Waals surface area contributed by atoms with Crippen LogP contribution >= 0.6 is 0 Å². The first kappa shape index (κ1) is 11.0. The maximum Gasteiger partial charge on any atom is 0.263 e. The van der Waals surface area contributed by atoms with Crippen LogP contribution in [0.25, 0.3) is 0 Å². The molecule has 1 aromatic carbocycles. The highest BCUT2D eigenvalue weighted by Gasteiger charge is 2.15. The van der Waals surface area contributed by atoms with E-state index in [1.165, 1.54) is 0 Å². The van der Waals surface area contributed by atoms with E-state index in [-0.39, 0.29) is 17.7 Å². The number of rotatable bonds is 3. The van der Waals surface area contributed by atoms with Gasteiger partial charge in [0.25, 0.3) is 6.43 Å². The largest absolute Gasteiger partial charge is 0.387 e. The van der Waals surface area contributed by atoms with Crippen LogP contribution in [0.2, 0.25) is 0 Å². The third-order valence-corrected chi connectivity index (χ3v) is 1.85. The van der Waals surface area contributed by atoms with E-state index in [9.17, 15) is 18.3 Å². The predicted octanol–water partition coefficient (Wildman–Crippen LogP) is 1.76. The standard InChI is InChI=1S/C9H10F3NO/c10-7-2-1-5(9(11)12)3-6(7)8(14)4-13/h1-3,8-9,14H,4,13H2. The molecule has 78 valence electrons. The maximum absolute atomic E-state index is 13.0. The van der Waals surface area contributed by atoms with E-state index in [2.05, 4.69) is 0 Å². The van der Waals surface area contributed by atoms with Crippen LogP contribution in [0.15, 0.2) is 18.2 Å². The molecule has 0 spiro atoms. The lowest BCUT2D eigenvalue weighted by Crippen LogP contribution is -2.13. The van der Waals surface area contributed by atoms with Crippen molar-refractivity contribution >= 4 is 0 Å². The molecule has 0 saturated heterocycles. The molecule has 1 atom stereocenters. The summed E-state index contributed by atoms with van der Waals surface area (Å²) in [6.07, 6.45) is -3.92. The molecule has 5 heteroatoms. The van der Waals surface area contributed by atoms with Crippen molar-refractivity contribution in [2.45, 2.75) is 12.5 Å². The Morgan fingerprint density at radius 3 is 2.50 bits per heavy atom. The highest BCUT2D eigenvalue weighted by molar-refractivity contribution is 5.27. The fourth-order valence-corrected chi connectivity index (χ4v) is 1.08. The minimum absolute atomic E-state index is 0.190. The Morgan fingerprint density at radius 2 is 2.00 bits per heavy atom. The van der Waals surface area contributed by atoms with Gasteiger partial charge in [0.15, 0.2) is 0 Å². The fourth-order valence-electron chi connectivity index (χ4n) is 1.08. The number of aliphatic hydroxyl groups excluding tert-OH is 1. The average Bonchev–Trinajstić information content (AvgIpc) is 2.17. The van der Waals surface area contributed by atoms with Gasteiger partial charge in [-0.1, -0.05) is 6.07 Å². The molecule has 0 bridgehead atoms. The molecule has 0 aliphatic carbocycles. The Balaban J connectivity index is 3.08. The quantitative estimate of drug-likeness (QED) is 0.789. The molecule has 1 rings (SSSR count). The zero-order chi connectivity index (χ0) is 10.7. The number of hydrogen-bond donors (Lipinski definition) is 2. The van der Waals surface area contributed by atoms with E-state index < -0.39 is 18.3 Å². The molecule has 0 radical (unpaired) electrons. The summed E-state index contributed by atoms with van der Waals surface area (Å²) < 4.78 is 37.4. The van der Waals surface area contributed by atoms with Gasteiger partial charge in [-0.3, -0.25) is 0 Å². The molecule has 0 aliphatic heterocycles. The van der Waals surface area contributed by atoms with Gasteiger partial charge in [-0.2, -0.15) is 0 Å². The number of hydrogen-bond acceptors (Lipinski definition) is 2. The molecule has 0 aliphatic rings. The van der Waals surface area contributed by atoms with E-state index in [0.717, 1.165) is 18.2 Å². The van der Waals surface area contributed by atoms with Crippen molar-refractivity contribution in [3.63, 3.8) is 0 Å². The third-order valence-electron chi connectivity index (χ3n) is 1.85. The van der Waals surface area contributed by atoms with Crippen molar-refractivity contribution < 1.29 is 18.3 Å². The highest BCUT2D eigenvalue weighted by atomic mass is 19.3. The first-order valence-electron chi connectivity index (χ1n) is 4.02. The van der Waals surface area contributed by atoms with E-state index in [1.54, 1.807) is 0 Å². The van der Waals surface area contributed by atoms with E-state index >= 15 is 0 Å². The molecule has 0 aromatic heterocycles. The maximum atomic E-state index is 13.0. The number of nitrogens with two attached hydrogens (primary N) is 1. The van der Waals surface area contributed by atoms with E-state index in [4.69, 9.17) is 5.73 Å². The minimum atomic E-state index is -2.68. The van der Waals surface area contributed by atoms with Gasteiger partial charge in [-0.25, -0.2) is 13.2 Å². The van der Waals surface area contributed by atoms with Gasteiger partial charge < -0.3 is 10.8 Å².